The Balaban J connectivity index is 2.49. The summed E-state index contributed by atoms with van der Waals surface area (Å²) in [6.45, 7) is 2.06. The highest BCUT2D eigenvalue weighted by atomic mass is 35.5. The summed E-state index contributed by atoms with van der Waals surface area (Å²) < 4.78 is 4.83. The van der Waals surface area contributed by atoms with Crippen molar-refractivity contribution in [2.75, 3.05) is 24.8 Å². The number of carbonyl (C=O) groups is 1. The van der Waals surface area contributed by atoms with Crippen molar-refractivity contribution >= 4 is 40.3 Å². The van der Waals surface area contributed by atoms with Crippen molar-refractivity contribution in [3.63, 3.8) is 0 Å². The minimum absolute atomic E-state index is 0.0783. The number of methoxy groups -OCH3 is 1. The number of hydrogen-bond donors (Lipinski definition) is 1. The molecule has 6 heteroatoms. The number of nitrogens with two attached hydrogens (primary N) is 1. The molecular weight excluding hydrogens is 308 g/mol. The van der Waals surface area contributed by atoms with Gasteiger partial charge < -0.3 is 15.4 Å². The topological polar surface area (TPSA) is 55.6 Å². The van der Waals surface area contributed by atoms with Gasteiger partial charge in [0.15, 0.2) is 0 Å². The van der Waals surface area contributed by atoms with Crippen molar-refractivity contribution < 1.29 is 9.53 Å². The Kier molecular flexibility index (Phi) is 4.75. The van der Waals surface area contributed by atoms with Crippen LogP contribution in [0.15, 0.2) is 29.6 Å². The first-order valence-electron chi connectivity index (χ1n) is 6.39. The standard InChI is InChI=1S/C15H17ClN2O2S/c1-9(13-5-4-6-21-13)18(2)14-11(15(19)20-3)7-10(17)8-12(14)16/h4-9H,17H2,1-3H3. The fourth-order valence-corrected chi connectivity index (χ4v) is 3.35. The highest BCUT2D eigenvalue weighted by Crippen LogP contribution is 2.37. The van der Waals surface area contributed by atoms with E-state index >= 15 is 0 Å². The highest BCUT2D eigenvalue weighted by molar-refractivity contribution is 7.10. The van der Waals surface area contributed by atoms with Gasteiger partial charge in [-0.05, 0) is 30.5 Å². The van der Waals surface area contributed by atoms with E-state index in [-0.39, 0.29) is 6.04 Å². The lowest BCUT2D eigenvalue weighted by atomic mass is 10.1. The minimum Gasteiger partial charge on any atom is -0.465 e. The molecule has 21 heavy (non-hydrogen) atoms. The lowest BCUT2D eigenvalue weighted by molar-refractivity contribution is 0.0601. The molecule has 0 bridgehead atoms. The quantitative estimate of drug-likeness (QED) is 0.683. The Bertz CT molecular complexity index is 643. The SMILES string of the molecule is COC(=O)c1cc(N)cc(Cl)c1N(C)C(C)c1cccs1. The van der Waals surface area contributed by atoms with E-state index in [9.17, 15) is 4.79 Å². The molecule has 0 amide bonds. The highest BCUT2D eigenvalue weighted by Gasteiger charge is 2.23. The lowest BCUT2D eigenvalue weighted by Gasteiger charge is -2.29. The molecule has 0 spiro atoms. The molecule has 1 aromatic carbocycles. The van der Waals surface area contributed by atoms with Gasteiger partial charge >= 0.3 is 5.97 Å². The molecule has 0 aliphatic rings. The molecule has 2 rings (SSSR count). The Morgan fingerprint density at radius 3 is 2.76 bits per heavy atom. The normalized spacial score (nSPS) is 12.0. The summed E-state index contributed by atoms with van der Waals surface area (Å²) in [5, 5.41) is 2.45. The summed E-state index contributed by atoms with van der Waals surface area (Å²) in [6.07, 6.45) is 0. The molecule has 1 aromatic heterocycles. The van der Waals surface area contributed by atoms with Crippen LogP contribution in [0.25, 0.3) is 0 Å². The molecule has 4 nitrogen and oxygen atoms in total. The smallest absolute Gasteiger partial charge is 0.340 e. The Morgan fingerprint density at radius 2 is 2.19 bits per heavy atom. The predicted octanol–water partition coefficient (Wildman–Crippen LogP) is 3.97. The van der Waals surface area contributed by atoms with Crippen LogP contribution in [0, 0.1) is 0 Å². The van der Waals surface area contributed by atoms with E-state index in [1.54, 1.807) is 23.5 Å². The van der Waals surface area contributed by atoms with Gasteiger partial charge in [0.1, 0.15) is 0 Å². The summed E-state index contributed by atoms with van der Waals surface area (Å²) in [6, 6.07) is 7.35. The van der Waals surface area contributed by atoms with Crippen LogP contribution in [-0.4, -0.2) is 20.1 Å². The maximum Gasteiger partial charge on any atom is 0.340 e. The van der Waals surface area contributed by atoms with Crippen LogP contribution in [0.4, 0.5) is 11.4 Å². The van der Waals surface area contributed by atoms with E-state index in [0.29, 0.717) is 22.0 Å². The number of ether oxygens (including phenoxy) is 1. The number of carbonyl (C=O) groups excluding carboxylic acids is 1. The van der Waals surface area contributed by atoms with E-state index in [1.165, 1.54) is 12.0 Å². The van der Waals surface area contributed by atoms with E-state index < -0.39 is 5.97 Å². The van der Waals surface area contributed by atoms with Crippen LogP contribution < -0.4 is 10.6 Å². The molecular formula is C15H17ClN2O2S. The van der Waals surface area contributed by atoms with E-state index in [1.807, 2.05) is 23.4 Å². The second-order valence-corrected chi connectivity index (χ2v) is 6.08. The molecule has 2 aromatic rings. The maximum absolute atomic E-state index is 12.0. The summed E-state index contributed by atoms with van der Waals surface area (Å²) in [4.78, 5) is 15.1. The van der Waals surface area contributed by atoms with Gasteiger partial charge in [0.25, 0.3) is 0 Å². The third-order valence-electron chi connectivity index (χ3n) is 3.38. The molecule has 0 fully saturated rings. The largest absolute Gasteiger partial charge is 0.465 e. The molecule has 0 aliphatic heterocycles. The van der Waals surface area contributed by atoms with E-state index in [4.69, 9.17) is 22.1 Å². The zero-order chi connectivity index (χ0) is 15.6. The van der Waals surface area contributed by atoms with Crippen molar-refractivity contribution in [1.29, 1.82) is 0 Å². The predicted molar refractivity (Wildman–Crippen MR) is 88.3 cm³/mol. The fraction of sp³-hybridized carbons (Fsp3) is 0.267. The van der Waals surface area contributed by atoms with Crippen molar-refractivity contribution in [2.45, 2.75) is 13.0 Å². The monoisotopic (exact) mass is 324 g/mol. The average molecular weight is 325 g/mol. The molecule has 0 saturated carbocycles. The second kappa shape index (κ2) is 6.37. The first kappa shape index (κ1) is 15.7. The molecule has 1 unspecified atom stereocenters. The number of thiophene rings is 1. The van der Waals surface area contributed by atoms with Crippen molar-refractivity contribution in [2.24, 2.45) is 0 Å². The summed E-state index contributed by atoms with van der Waals surface area (Å²) in [5.41, 5.74) is 7.21. The minimum atomic E-state index is -0.454. The molecule has 2 N–H and O–H groups in total. The average Bonchev–Trinajstić information content (AvgIpc) is 2.98. The second-order valence-electron chi connectivity index (χ2n) is 4.69. The number of anilines is 2. The number of halogens is 1. The third kappa shape index (κ3) is 3.14. The van der Waals surface area contributed by atoms with Gasteiger partial charge in [-0.3, -0.25) is 0 Å². The zero-order valence-electron chi connectivity index (χ0n) is 12.1. The van der Waals surface area contributed by atoms with Crippen LogP contribution in [0.3, 0.4) is 0 Å². The number of nitrogen functional groups attached to an aromatic ring is 1. The first-order valence-corrected chi connectivity index (χ1v) is 7.65. The summed E-state index contributed by atoms with van der Waals surface area (Å²) in [5.74, 6) is -0.454. The van der Waals surface area contributed by atoms with Crippen molar-refractivity contribution in [3.8, 4) is 0 Å². The number of nitrogens with zero attached hydrogens (tertiary/aromatic N) is 1. The van der Waals surface area contributed by atoms with Crippen molar-refractivity contribution in [1.82, 2.24) is 0 Å². The molecule has 1 atom stereocenters. The summed E-state index contributed by atoms with van der Waals surface area (Å²) >= 11 is 7.97. The van der Waals surface area contributed by atoms with Gasteiger partial charge in [0.2, 0.25) is 0 Å². The maximum atomic E-state index is 12.0. The Labute approximate surface area is 133 Å². The van der Waals surface area contributed by atoms with Crippen LogP contribution in [0.5, 0.6) is 0 Å². The number of benzene rings is 1. The van der Waals surface area contributed by atoms with Gasteiger partial charge in [-0.1, -0.05) is 17.7 Å². The summed E-state index contributed by atoms with van der Waals surface area (Å²) in [7, 11) is 3.24. The van der Waals surface area contributed by atoms with Gasteiger partial charge in [-0.25, -0.2) is 4.79 Å². The van der Waals surface area contributed by atoms with Crippen LogP contribution in [0.1, 0.15) is 28.2 Å². The molecule has 0 saturated heterocycles. The van der Waals surface area contributed by atoms with Gasteiger partial charge in [-0.2, -0.15) is 0 Å². The van der Waals surface area contributed by atoms with E-state index in [0.717, 1.165) is 0 Å². The molecule has 112 valence electrons. The van der Waals surface area contributed by atoms with Gasteiger partial charge in [0.05, 0.1) is 29.4 Å². The van der Waals surface area contributed by atoms with E-state index in [2.05, 4.69) is 13.0 Å². The lowest BCUT2D eigenvalue weighted by Crippen LogP contribution is -2.24. The van der Waals surface area contributed by atoms with Crippen molar-refractivity contribution in [3.05, 3.63) is 45.1 Å². The van der Waals surface area contributed by atoms with Crippen LogP contribution >= 0.6 is 22.9 Å². The van der Waals surface area contributed by atoms with Crippen LogP contribution in [-0.2, 0) is 4.74 Å². The number of hydrogen-bond acceptors (Lipinski definition) is 5. The Hall–Kier alpha value is -1.72. The first-order chi connectivity index (χ1) is 9.95. The molecule has 0 radical (unpaired) electrons. The molecule has 0 aliphatic carbocycles. The van der Waals surface area contributed by atoms with Gasteiger partial charge in [0, 0.05) is 17.6 Å². The fourth-order valence-electron chi connectivity index (χ4n) is 2.16. The third-order valence-corrected chi connectivity index (χ3v) is 4.71. The number of esters is 1. The zero-order valence-corrected chi connectivity index (χ0v) is 13.7. The number of rotatable bonds is 4. The van der Waals surface area contributed by atoms with Crippen LogP contribution in [0.2, 0.25) is 5.02 Å². The Morgan fingerprint density at radius 1 is 1.48 bits per heavy atom. The van der Waals surface area contributed by atoms with Gasteiger partial charge in [-0.15, -0.1) is 11.3 Å². The molecule has 1 heterocycles.